The molecule has 1 N–H and O–H groups in total. The van der Waals surface area contributed by atoms with Gasteiger partial charge in [-0.3, -0.25) is 0 Å². The Labute approximate surface area is 91.9 Å². The van der Waals surface area contributed by atoms with Crippen LogP contribution in [0.1, 0.15) is 17.2 Å². The molecule has 0 amide bonds. The zero-order chi connectivity index (χ0) is 11.6. The second kappa shape index (κ2) is 4.49. The molecule has 1 rings (SSSR count). The number of aliphatic hydroxyl groups is 1. The van der Waals surface area contributed by atoms with Gasteiger partial charge >= 0.3 is 6.18 Å². The smallest absolute Gasteiger partial charge is 0.388 e. The molecule has 1 nitrogen and oxygen atoms in total. The van der Waals surface area contributed by atoms with E-state index in [4.69, 9.17) is 0 Å². The Bertz CT molecular complexity index is 350. The molecule has 0 radical (unpaired) electrons. The summed E-state index contributed by atoms with van der Waals surface area (Å²) >= 11 is 2.92. The Morgan fingerprint density at radius 3 is 2.40 bits per heavy atom. The summed E-state index contributed by atoms with van der Waals surface area (Å²) < 4.78 is 49.6. The third kappa shape index (κ3) is 2.92. The van der Waals surface area contributed by atoms with E-state index in [1.54, 1.807) is 0 Å². The summed E-state index contributed by atoms with van der Waals surface area (Å²) in [5, 5.41) is 9.37. The minimum Gasteiger partial charge on any atom is -0.388 e. The number of rotatable bonds is 2. The topological polar surface area (TPSA) is 20.2 Å². The molecule has 1 atom stereocenters. The molecule has 1 aromatic rings. The molecule has 0 aliphatic heterocycles. The number of alkyl halides is 4. The summed E-state index contributed by atoms with van der Waals surface area (Å²) in [6, 6.07) is 2.43. The van der Waals surface area contributed by atoms with Gasteiger partial charge in [-0.25, -0.2) is 4.39 Å². The van der Waals surface area contributed by atoms with Crippen molar-refractivity contribution in [2.45, 2.75) is 12.3 Å². The zero-order valence-electron chi connectivity index (χ0n) is 7.35. The highest BCUT2D eigenvalue weighted by Gasteiger charge is 2.34. The Balaban J connectivity index is 3.17. The largest absolute Gasteiger partial charge is 0.419 e. The number of hydrogen-bond acceptors (Lipinski definition) is 1. The minimum absolute atomic E-state index is 0.0283. The molecule has 6 heteroatoms. The van der Waals surface area contributed by atoms with Crippen LogP contribution in [0, 0.1) is 5.82 Å². The van der Waals surface area contributed by atoms with Gasteiger partial charge in [-0.2, -0.15) is 13.2 Å². The van der Waals surface area contributed by atoms with E-state index in [-0.39, 0.29) is 10.9 Å². The predicted molar refractivity (Wildman–Crippen MR) is 50.2 cm³/mol. The third-order valence-electron chi connectivity index (χ3n) is 1.83. The van der Waals surface area contributed by atoms with Crippen LogP contribution in [0.3, 0.4) is 0 Å². The summed E-state index contributed by atoms with van der Waals surface area (Å²) in [5.41, 5.74) is -1.33. The summed E-state index contributed by atoms with van der Waals surface area (Å²) in [6.07, 6.45) is -5.82. The van der Waals surface area contributed by atoms with Crippen LogP contribution in [0.2, 0.25) is 0 Å². The maximum absolute atomic E-state index is 12.8. The molecule has 0 unspecified atom stereocenters. The minimum atomic E-state index is -4.74. The highest BCUT2D eigenvalue weighted by atomic mass is 79.9. The number of halogens is 5. The van der Waals surface area contributed by atoms with Crippen molar-refractivity contribution >= 4 is 15.9 Å². The molecule has 0 saturated carbocycles. The molecular formula is C9H7BrF4O. The second-order valence-electron chi connectivity index (χ2n) is 2.91. The van der Waals surface area contributed by atoms with E-state index in [9.17, 15) is 22.7 Å². The van der Waals surface area contributed by atoms with Crippen LogP contribution in [0.4, 0.5) is 17.6 Å². The summed E-state index contributed by atoms with van der Waals surface area (Å²) in [4.78, 5) is 0. The maximum atomic E-state index is 12.8. The van der Waals surface area contributed by atoms with Gasteiger partial charge in [0.25, 0.3) is 0 Å². The van der Waals surface area contributed by atoms with Crippen LogP contribution in [-0.4, -0.2) is 10.4 Å². The van der Waals surface area contributed by atoms with E-state index >= 15 is 0 Å². The molecule has 0 aliphatic rings. The van der Waals surface area contributed by atoms with Gasteiger partial charge in [0.05, 0.1) is 11.7 Å². The van der Waals surface area contributed by atoms with Crippen LogP contribution in [-0.2, 0) is 6.18 Å². The van der Waals surface area contributed by atoms with E-state index in [0.29, 0.717) is 12.1 Å². The summed E-state index contributed by atoms with van der Waals surface area (Å²) in [7, 11) is 0. The summed E-state index contributed by atoms with van der Waals surface area (Å²) in [5.74, 6) is -1.34. The number of benzene rings is 1. The molecule has 0 fully saturated rings. The normalized spacial score (nSPS) is 14.0. The number of hydrogen-bond donors (Lipinski definition) is 1. The van der Waals surface area contributed by atoms with Gasteiger partial charge in [-0.05, 0) is 17.7 Å². The average Bonchev–Trinajstić information content (AvgIpc) is 2.15. The molecule has 1 aromatic carbocycles. The van der Waals surface area contributed by atoms with Crippen molar-refractivity contribution in [3.05, 3.63) is 35.1 Å². The van der Waals surface area contributed by atoms with E-state index in [1.807, 2.05) is 0 Å². The molecule has 0 bridgehead atoms. The van der Waals surface area contributed by atoms with Crippen molar-refractivity contribution in [1.82, 2.24) is 0 Å². The van der Waals surface area contributed by atoms with Crippen LogP contribution in [0.15, 0.2) is 18.2 Å². The lowest BCUT2D eigenvalue weighted by molar-refractivity contribution is -0.140. The van der Waals surface area contributed by atoms with Crippen molar-refractivity contribution in [1.29, 1.82) is 0 Å². The van der Waals surface area contributed by atoms with Crippen molar-refractivity contribution in [2.75, 3.05) is 5.33 Å². The fourth-order valence-electron chi connectivity index (χ4n) is 1.06. The van der Waals surface area contributed by atoms with E-state index in [1.165, 1.54) is 0 Å². The molecule has 0 saturated heterocycles. The van der Waals surface area contributed by atoms with E-state index in [2.05, 4.69) is 15.9 Å². The Morgan fingerprint density at radius 2 is 1.93 bits per heavy atom. The molecule has 0 spiro atoms. The van der Waals surface area contributed by atoms with Gasteiger partial charge < -0.3 is 5.11 Å². The monoisotopic (exact) mass is 286 g/mol. The molecule has 84 valence electrons. The SMILES string of the molecule is O[C@H](CBr)c1ccc(F)c(C(F)(F)F)c1. The van der Waals surface area contributed by atoms with Crippen LogP contribution < -0.4 is 0 Å². The van der Waals surface area contributed by atoms with Gasteiger partial charge in [0.15, 0.2) is 0 Å². The van der Waals surface area contributed by atoms with Gasteiger partial charge in [-0.1, -0.05) is 22.0 Å². The van der Waals surface area contributed by atoms with E-state index < -0.39 is 23.7 Å². The van der Waals surface area contributed by atoms with E-state index in [0.717, 1.165) is 6.07 Å². The first-order valence-corrected chi connectivity index (χ1v) is 5.09. The Morgan fingerprint density at radius 1 is 1.33 bits per heavy atom. The van der Waals surface area contributed by atoms with Crippen molar-refractivity contribution in [3.8, 4) is 0 Å². The molecular weight excluding hydrogens is 280 g/mol. The molecule has 15 heavy (non-hydrogen) atoms. The third-order valence-corrected chi connectivity index (χ3v) is 2.44. The fourth-order valence-corrected chi connectivity index (χ4v) is 1.43. The second-order valence-corrected chi connectivity index (χ2v) is 3.55. The lowest BCUT2D eigenvalue weighted by Gasteiger charge is -2.12. The van der Waals surface area contributed by atoms with Crippen LogP contribution in [0.5, 0.6) is 0 Å². The maximum Gasteiger partial charge on any atom is 0.419 e. The highest BCUT2D eigenvalue weighted by Crippen LogP contribution is 2.33. The molecule has 0 aromatic heterocycles. The number of aliphatic hydroxyl groups excluding tert-OH is 1. The molecule has 0 heterocycles. The van der Waals surface area contributed by atoms with Gasteiger partial charge in [-0.15, -0.1) is 0 Å². The predicted octanol–water partition coefficient (Wildman–Crippen LogP) is 3.27. The lowest BCUT2D eigenvalue weighted by Crippen LogP contribution is -2.10. The highest BCUT2D eigenvalue weighted by molar-refractivity contribution is 9.09. The quantitative estimate of drug-likeness (QED) is 0.654. The Kier molecular flexibility index (Phi) is 3.72. The van der Waals surface area contributed by atoms with Crippen LogP contribution >= 0.6 is 15.9 Å². The van der Waals surface area contributed by atoms with Crippen molar-refractivity contribution in [3.63, 3.8) is 0 Å². The van der Waals surface area contributed by atoms with Crippen LogP contribution in [0.25, 0.3) is 0 Å². The fraction of sp³-hybridized carbons (Fsp3) is 0.333. The van der Waals surface area contributed by atoms with Crippen molar-refractivity contribution in [2.24, 2.45) is 0 Å². The zero-order valence-corrected chi connectivity index (χ0v) is 8.94. The first-order valence-electron chi connectivity index (χ1n) is 3.97. The Hall–Kier alpha value is -0.620. The average molecular weight is 287 g/mol. The standard InChI is InChI=1S/C9H7BrF4O/c10-4-8(15)5-1-2-7(11)6(3-5)9(12,13)14/h1-3,8,15H,4H2/t8-/m1/s1. The first kappa shape index (κ1) is 12.4. The lowest BCUT2D eigenvalue weighted by atomic mass is 10.1. The van der Waals surface area contributed by atoms with Gasteiger partial charge in [0, 0.05) is 5.33 Å². The van der Waals surface area contributed by atoms with Crippen molar-refractivity contribution < 1.29 is 22.7 Å². The van der Waals surface area contributed by atoms with Gasteiger partial charge in [0.1, 0.15) is 5.82 Å². The summed E-state index contributed by atoms with van der Waals surface area (Å²) in [6.45, 7) is 0. The van der Waals surface area contributed by atoms with Gasteiger partial charge in [0.2, 0.25) is 0 Å². The molecule has 0 aliphatic carbocycles. The first-order chi connectivity index (χ1) is 6.86.